The third-order valence-electron chi connectivity index (χ3n) is 5.78. The maximum Gasteiger partial charge on any atom is 0.237 e. The van der Waals surface area contributed by atoms with E-state index in [1.165, 1.54) is 12.3 Å². The van der Waals surface area contributed by atoms with Crippen molar-refractivity contribution in [2.75, 3.05) is 13.1 Å². The molecule has 0 saturated carbocycles. The molecule has 1 amide bonds. The summed E-state index contributed by atoms with van der Waals surface area (Å²) in [5.74, 6) is 0.197. The van der Waals surface area contributed by atoms with E-state index in [9.17, 15) is 9.18 Å². The van der Waals surface area contributed by atoms with Gasteiger partial charge >= 0.3 is 0 Å². The molecule has 0 radical (unpaired) electrons. The van der Waals surface area contributed by atoms with Gasteiger partial charge in [-0.2, -0.15) is 0 Å². The maximum absolute atomic E-state index is 13.4. The average Bonchev–Trinajstić information content (AvgIpc) is 3.33. The topological polar surface area (TPSA) is 77.8 Å². The largest absolute Gasteiger partial charge is 0.490 e. The van der Waals surface area contributed by atoms with Crippen LogP contribution in [-0.4, -0.2) is 44.0 Å². The molecule has 4 aromatic rings. The van der Waals surface area contributed by atoms with Gasteiger partial charge in [-0.15, -0.1) is 0 Å². The molecule has 4 heterocycles. The summed E-state index contributed by atoms with van der Waals surface area (Å²) in [5, 5.41) is 0.989. The van der Waals surface area contributed by atoms with E-state index in [0.717, 1.165) is 60.5 Å². The van der Waals surface area contributed by atoms with E-state index in [1.54, 1.807) is 10.5 Å². The maximum atomic E-state index is 13.4. The van der Waals surface area contributed by atoms with Crippen LogP contribution in [0.15, 0.2) is 55.0 Å². The SMILES string of the molecule is NC(=O)Cn1ccc2c(OC3CCN(Cc4cn5cc(F)ccc5n4)CC3)cccc21. The number of ether oxygens (including phenoxy) is 1. The summed E-state index contributed by atoms with van der Waals surface area (Å²) in [6.07, 6.45) is 7.17. The van der Waals surface area contributed by atoms with Gasteiger partial charge in [-0.05, 0) is 43.2 Å². The number of nitrogens with two attached hydrogens (primary N) is 1. The Bertz CT molecular complexity index is 1240. The summed E-state index contributed by atoms with van der Waals surface area (Å²) < 4.78 is 23.3. The van der Waals surface area contributed by atoms with E-state index in [-0.39, 0.29) is 24.4 Å². The Morgan fingerprint density at radius 1 is 1.16 bits per heavy atom. The number of piperidine rings is 1. The van der Waals surface area contributed by atoms with Crippen LogP contribution in [0, 0.1) is 5.82 Å². The molecule has 1 fully saturated rings. The highest BCUT2D eigenvalue weighted by molar-refractivity contribution is 5.87. The average molecular weight is 421 g/mol. The number of halogens is 1. The molecule has 1 aliphatic heterocycles. The van der Waals surface area contributed by atoms with Gasteiger partial charge in [0.05, 0.1) is 11.2 Å². The summed E-state index contributed by atoms with van der Waals surface area (Å²) in [4.78, 5) is 18.2. The third-order valence-corrected chi connectivity index (χ3v) is 5.78. The molecule has 1 aromatic carbocycles. The van der Waals surface area contributed by atoms with Crippen molar-refractivity contribution < 1.29 is 13.9 Å². The van der Waals surface area contributed by atoms with Gasteiger partial charge in [-0.25, -0.2) is 9.37 Å². The summed E-state index contributed by atoms with van der Waals surface area (Å²) in [6, 6.07) is 11.0. The molecule has 31 heavy (non-hydrogen) atoms. The predicted molar refractivity (Wildman–Crippen MR) is 115 cm³/mol. The lowest BCUT2D eigenvalue weighted by molar-refractivity contribution is -0.118. The molecule has 2 N–H and O–H groups in total. The Morgan fingerprint density at radius 2 is 2.00 bits per heavy atom. The number of carbonyl (C=O) groups is 1. The third kappa shape index (κ3) is 4.11. The number of nitrogens with zero attached hydrogens (tertiary/aromatic N) is 4. The van der Waals surface area contributed by atoms with Crippen LogP contribution in [0.4, 0.5) is 4.39 Å². The van der Waals surface area contributed by atoms with E-state index >= 15 is 0 Å². The molecule has 3 aromatic heterocycles. The zero-order valence-electron chi connectivity index (χ0n) is 17.1. The van der Waals surface area contributed by atoms with E-state index in [2.05, 4.69) is 9.88 Å². The number of imidazole rings is 1. The number of benzene rings is 1. The Labute approximate surface area is 178 Å². The van der Waals surface area contributed by atoms with Gasteiger partial charge in [0.1, 0.15) is 29.9 Å². The van der Waals surface area contributed by atoms with Crippen molar-refractivity contribution in [2.45, 2.75) is 32.0 Å². The normalized spacial score (nSPS) is 15.6. The van der Waals surface area contributed by atoms with Crippen molar-refractivity contribution in [3.05, 3.63) is 66.5 Å². The number of aromatic nitrogens is 3. The summed E-state index contributed by atoms with van der Waals surface area (Å²) in [7, 11) is 0. The van der Waals surface area contributed by atoms with Gasteiger partial charge in [-0.3, -0.25) is 9.69 Å². The number of amides is 1. The summed E-state index contributed by atoms with van der Waals surface area (Å²) >= 11 is 0. The van der Waals surface area contributed by atoms with E-state index in [4.69, 9.17) is 10.5 Å². The molecule has 160 valence electrons. The van der Waals surface area contributed by atoms with Crippen LogP contribution in [0.1, 0.15) is 18.5 Å². The fourth-order valence-electron chi connectivity index (χ4n) is 4.29. The van der Waals surface area contributed by atoms with Crippen molar-refractivity contribution in [3.8, 4) is 5.75 Å². The fraction of sp³-hybridized carbons (Fsp3) is 0.304. The van der Waals surface area contributed by atoms with Gasteiger partial charge in [0.15, 0.2) is 0 Å². The highest BCUT2D eigenvalue weighted by Crippen LogP contribution is 2.29. The standard InChI is InChI=1S/C23H24FN5O2/c24-16-4-5-23-26-17(14-29(23)12-16)13-27-9-6-18(7-10-27)31-21-3-1-2-20-19(21)8-11-28(20)15-22(25)30/h1-5,8,11-12,14,18H,6-7,9-10,13,15H2,(H2,25,30). The molecule has 1 aliphatic rings. The van der Waals surface area contributed by atoms with E-state index in [0.29, 0.717) is 0 Å². The number of hydrogen-bond acceptors (Lipinski definition) is 4. The number of carbonyl (C=O) groups excluding carboxylic acids is 1. The second kappa shape index (κ2) is 8.03. The van der Waals surface area contributed by atoms with Crippen molar-refractivity contribution in [2.24, 2.45) is 5.73 Å². The first-order valence-corrected chi connectivity index (χ1v) is 10.4. The molecule has 8 heteroatoms. The van der Waals surface area contributed by atoms with Crippen molar-refractivity contribution in [1.29, 1.82) is 0 Å². The molecule has 0 aliphatic carbocycles. The molecule has 7 nitrogen and oxygen atoms in total. The van der Waals surface area contributed by atoms with Gasteiger partial charge < -0.3 is 19.4 Å². The molecule has 1 saturated heterocycles. The van der Waals surface area contributed by atoms with E-state index < -0.39 is 0 Å². The smallest absolute Gasteiger partial charge is 0.237 e. The Morgan fingerprint density at radius 3 is 2.81 bits per heavy atom. The minimum Gasteiger partial charge on any atom is -0.490 e. The Kier molecular flexibility index (Phi) is 5.07. The molecule has 5 rings (SSSR count). The Hall–Kier alpha value is -3.39. The first-order valence-electron chi connectivity index (χ1n) is 10.4. The van der Waals surface area contributed by atoms with Gasteiger partial charge in [0.25, 0.3) is 0 Å². The van der Waals surface area contributed by atoms with Crippen LogP contribution < -0.4 is 10.5 Å². The van der Waals surface area contributed by atoms with E-state index in [1.807, 2.05) is 41.2 Å². The minimum atomic E-state index is -0.369. The first kappa shape index (κ1) is 19.6. The number of rotatable bonds is 6. The molecule has 0 spiro atoms. The minimum absolute atomic E-state index is 0.136. The lowest BCUT2D eigenvalue weighted by Crippen LogP contribution is -2.37. The number of pyridine rings is 1. The zero-order chi connectivity index (χ0) is 21.4. The van der Waals surface area contributed by atoms with Crippen LogP contribution in [0.5, 0.6) is 5.75 Å². The second-order valence-corrected chi connectivity index (χ2v) is 8.04. The number of likely N-dealkylation sites (tertiary alicyclic amines) is 1. The van der Waals surface area contributed by atoms with Crippen LogP contribution in [0.25, 0.3) is 16.6 Å². The quantitative estimate of drug-likeness (QED) is 0.519. The Balaban J connectivity index is 1.22. The lowest BCUT2D eigenvalue weighted by Gasteiger charge is -2.31. The van der Waals surface area contributed by atoms with Crippen molar-refractivity contribution >= 4 is 22.5 Å². The fourth-order valence-corrected chi connectivity index (χ4v) is 4.29. The number of primary amides is 1. The highest BCUT2D eigenvalue weighted by Gasteiger charge is 2.22. The van der Waals surface area contributed by atoms with Crippen LogP contribution >= 0.6 is 0 Å². The predicted octanol–water partition coefficient (Wildman–Crippen LogP) is 2.96. The highest BCUT2D eigenvalue weighted by atomic mass is 19.1. The van der Waals surface area contributed by atoms with Gasteiger partial charge in [0.2, 0.25) is 5.91 Å². The van der Waals surface area contributed by atoms with Crippen molar-refractivity contribution in [3.63, 3.8) is 0 Å². The lowest BCUT2D eigenvalue weighted by atomic mass is 10.1. The van der Waals surface area contributed by atoms with Crippen molar-refractivity contribution in [1.82, 2.24) is 18.9 Å². The zero-order valence-corrected chi connectivity index (χ0v) is 17.1. The molecule has 0 atom stereocenters. The second-order valence-electron chi connectivity index (χ2n) is 8.04. The summed E-state index contributed by atoms with van der Waals surface area (Å²) in [6.45, 7) is 2.71. The monoisotopic (exact) mass is 421 g/mol. The van der Waals surface area contributed by atoms with Gasteiger partial charge in [-0.1, -0.05) is 6.07 Å². The summed E-state index contributed by atoms with van der Waals surface area (Å²) in [5.41, 5.74) is 7.97. The molecular formula is C23H24FN5O2. The molecular weight excluding hydrogens is 397 g/mol. The van der Waals surface area contributed by atoms with Gasteiger partial charge in [0, 0.05) is 43.6 Å². The molecule has 0 unspecified atom stereocenters. The van der Waals surface area contributed by atoms with Crippen LogP contribution in [0.3, 0.4) is 0 Å². The number of hydrogen-bond donors (Lipinski definition) is 1. The molecule has 0 bridgehead atoms. The van der Waals surface area contributed by atoms with Crippen LogP contribution in [0.2, 0.25) is 0 Å². The first-order chi connectivity index (χ1) is 15.0. The van der Waals surface area contributed by atoms with Crippen LogP contribution in [-0.2, 0) is 17.9 Å². The number of fused-ring (bicyclic) bond motifs is 2.